The summed E-state index contributed by atoms with van der Waals surface area (Å²) in [5.41, 5.74) is -2.02. The number of alkyl halides is 2. The topological polar surface area (TPSA) is 46.6 Å². The molecule has 0 saturated carbocycles. The lowest BCUT2D eigenvalue weighted by atomic mass is 9.81. The van der Waals surface area contributed by atoms with Crippen molar-refractivity contribution in [2.45, 2.75) is 46.1 Å². The van der Waals surface area contributed by atoms with Gasteiger partial charge in [0.1, 0.15) is 5.60 Å². The molecule has 0 radical (unpaired) electrons. The highest BCUT2D eigenvalue weighted by Crippen LogP contribution is 2.35. The molecule has 6 heteroatoms. The predicted molar refractivity (Wildman–Crippen MR) is 61.5 cm³/mol. The molecule has 0 spiro atoms. The molecule has 18 heavy (non-hydrogen) atoms. The number of carbonyl (C=O) groups excluding carboxylic acids is 2. The summed E-state index contributed by atoms with van der Waals surface area (Å²) in [5.74, 6) is -4.65. The molecule has 0 aliphatic carbocycles. The first-order valence-electron chi connectivity index (χ1n) is 5.76. The van der Waals surface area contributed by atoms with Gasteiger partial charge in [0.2, 0.25) is 5.78 Å². The molecule has 0 bridgehead atoms. The van der Waals surface area contributed by atoms with Crippen molar-refractivity contribution in [1.29, 1.82) is 0 Å². The van der Waals surface area contributed by atoms with Crippen LogP contribution in [0.3, 0.4) is 0 Å². The lowest BCUT2D eigenvalue weighted by Crippen LogP contribution is -2.60. The molecule has 0 aromatic heterocycles. The third-order valence-corrected chi connectivity index (χ3v) is 2.57. The van der Waals surface area contributed by atoms with Crippen LogP contribution in [0, 0.1) is 5.41 Å². The minimum absolute atomic E-state index is 0.0592. The number of ketones is 1. The van der Waals surface area contributed by atoms with Crippen LogP contribution in [0.4, 0.5) is 13.6 Å². The van der Waals surface area contributed by atoms with E-state index in [4.69, 9.17) is 4.74 Å². The Morgan fingerprint density at radius 2 is 1.78 bits per heavy atom. The second-order valence-electron chi connectivity index (χ2n) is 6.25. The van der Waals surface area contributed by atoms with Crippen LogP contribution in [-0.4, -0.2) is 41.4 Å². The number of hydrogen-bond donors (Lipinski definition) is 0. The van der Waals surface area contributed by atoms with Crippen molar-refractivity contribution in [2.75, 3.05) is 13.1 Å². The van der Waals surface area contributed by atoms with Gasteiger partial charge in [0.15, 0.2) is 0 Å². The lowest BCUT2D eigenvalue weighted by Gasteiger charge is -2.40. The van der Waals surface area contributed by atoms with Gasteiger partial charge in [-0.05, 0) is 20.8 Å². The van der Waals surface area contributed by atoms with Crippen molar-refractivity contribution < 1.29 is 23.1 Å². The lowest BCUT2D eigenvalue weighted by molar-refractivity contribution is -0.164. The normalized spacial score (nSPS) is 22.8. The number of nitrogens with zero attached hydrogens (tertiary/aromatic N) is 1. The Balaban J connectivity index is 2.87. The summed E-state index contributed by atoms with van der Waals surface area (Å²) < 4.78 is 32.1. The Kier molecular flexibility index (Phi) is 3.44. The molecule has 1 aliphatic rings. The molecular formula is C12H19F2NO3. The standard InChI is InChI=1S/C12H19F2NO3/c1-10(2,3)18-9(17)15-6-11(4,5)8(16)12(13,14)7-15/h6-7H2,1-5H3. The number of piperidine rings is 1. The van der Waals surface area contributed by atoms with E-state index in [1.54, 1.807) is 20.8 Å². The van der Waals surface area contributed by atoms with Crippen LogP contribution in [-0.2, 0) is 9.53 Å². The Bertz CT molecular complexity index is 352. The second-order valence-corrected chi connectivity index (χ2v) is 6.25. The fourth-order valence-electron chi connectivity index (χ4n) is 1.87. The maximum Gasteiger partial charge on any atom is 0.410 e. The summed E-state index contributed by atoms with van der Waals surface area (Å²) >= 11 is 0. The van der Waals surface area contributed by atoms with Gasteiger partial charge < -0.3 is 9.64 Å². The summed E-state index contributed by atoms with van der Waals surface area (Å²) in [5, 5.41) is 0. The van der Waals surface area contributed by atoms with Gasteiger partial charge in [-0.1, -0.05) is 13.8 Å². The van der Waals surface area contributed by atoms with E-state index in [1.165, 1.54) is 13.8 Å². The minimum Gasteiger partial charge on any atom is -0.444 e. The first kappa shape index (κ1) is 14.9. The summed E-state index contributed by atoms with van der Waals surface area (Å²) in [6.45, 7) is 6.80. The predicted octanol–water partition coefficient (Wildman–Crippen LogP) is 2.47. The molecule has 0 aromatic rings. The molecule has 0 aromatic carbocycles. The number of carbonyl (C=O) groups is 2. The molecule has 1 heterocycles. The van der Waals surface area contributed by atoms with Crippen molar-refractivity contribution in [3.05, 3.63) is 0 Å². The molecule has 1 fully saturated rings. The Hall–Kier alpha value is -1.20. The summed E-state index contributed by atoms with van der Waals surface area (Å²) in [6.07, 6.45) is -0.817. The van der Waals surface area contributed by atoms with Gasteiger partial charge in [-0.15, -0.1) is 0 Å². The van der Waals surface area contributed by atoms with E-state index in [0.29, 0.717) is 0 Å². The van der Waals surface area contributed by atoms with E-state index in [0.717, 1.165) is 4.90 Å². The minimum atomic E-state index is -3.52. The number of ether oxygens (including phenoxy) is 1. The zero-order chi connectivity index (χ0) is 14.4. The average Bonchev–Trinajstić information content (AvgIpc) is 2.10. The van der Waals surface area contributed by atoms with Gasteiger partial charge in [0.05, 0.1) is 6.54 Å². The van der Waals surface area contributed by atoms with Gasteiger partial charge in [0, 0.05) is 12.0 Å². The number of hydrogen-bond acceptors (Lipinski definition) is 3. The Labute approximate surface area is 105 Å². The first-order chi connectivity index (χ1) is 7.85. The molecule has 0 N–H and O–H groups in total. The van der Waals surface area contributed by atoms with Crippen molar-refractivity contribution in [2.24, 2.45) is 5.41 Å². The van der Waals surface area contributed by atoms with Crippen LogP contribution < -0.4 is 0 Å². The van der Waals surface area contributed by atoms with Gasteiger partial charge in [-0.25, -0.2) is 4.79 Å². The smallest absolute Gasteiger partial charge is 0.410 e. The quantitative estimate of drug-likeness (QED) is 0.674. The maximum absolute atomic E-state index is 13.5. The van der Waals surface area contributed by atoms with Crippen LogP contribution in [0.2, 0.25) is 0 Å². The van der Waals surface area contributed by atoms with E-state index in [2.05, 4.69) is 0 Å². The highest BCUT2D eigenvalue weighted by atomic mass is 19.3. The fourth-order valence-corrected chi connectivity index (χ4v) is 1.87. The van der Waals surface area contributed by atoms with Crippen molar-refractivity contribution in [3.63, 3.8) is 0 Å². The van der Waals surface area contributed by atoms with Crippen LogP contribution in [0.15, 0.2) is 0 Å². The third kappa shape index (κ3) is 3.17. The molecule has 104 valence electrons. The summed E-state index contributed by atoms with van der Waals surface area (Å²) in [6, 6.07) is 0. The van der Waals surface area contributed by atoms with Gasteiger partial charge in [-0.2, -0.15) is 8.78 Å². The van der Waals surface area contributed by atoms with E-state index < -0.39 is 35.4 Å². The monoisotopic (exact) mass is 263 g/mol. The largest absolute Gasteiger partial charge is 0.444 e. The molecular weight excluding hydrogens is 244 g/mol. The molecule has 4 nitrogen and oxygen atoms in total. The van der Waals surface area contributed by atoms with Crippen molar-refractivity contribution >= 4 is 11.9 Å². The van der Waals surface area contributed by atoms with E-state index in [9.17, 15) is 18.4 Å². The SMILES string of the molecule is CC(C)(C)OC(=O)N1CC(C)(C)C(=O)C(F)(F)C1. The average molecular weight is 263 g/mol. The number of likely N-dealkylation sites (tertiary alicyclic amines) is 1. The van der Waals surface area contributed by atoms with E-state index in [1.807, 2.05) is 0 Å². The maximum atomic E-state index is 13.5. The van der Waals surface area contributed by atoms with Gasteiger partial charge in [0.25, 0.3) is 0 Å². The van der Waals surface area contributed by atoms with E-state index >= 15 is 0 Å². The first-order valence-corrected chi connectivity index (χ1v) is 5.76. The zero-order valence-electron chi connectivity index (χ0n) is 11.3. The van der Waals surface area contributed by atoms with Crippen LogP contribution >= 0.6 is 0 Å². The highest BCUT2D eigenvalue weighted by Gasteiger charge is 2.54. The van der Waals surface area contributed by atoms with Crippen molar-refractivity contribution in [1.82, 2.24) is 4.90 Å². The van der Waals surface area contributed by atoms with Crippen LogP contribution in [0.1, 0.15) is 34.6 Å². The Morgan fingerprint density at radius 3 is 2.17 bits per heavy atom. The molecule has 1 rings (SSSR count). The van der Waals surface area contributed by atoms with Gasteiger partial charge in [-0.3, -0.25) is 4.79 Å². The molecule has 1 amide bonds. The number of halogens is 2. The zero-order valence-corrected chi connectivity index (χ0v) is 11.3. The Morgan fingerprint density at radius 1 is 1.28 bits per heavy atom. The summed E-state index contributed by atoms with van der Waals surface area (Å²) in [4.78, 5) is 24.1. The molecule has 0 atom stereocenters. The van der Waals surface area contributed by atoms with Crippen LogP contribution in [0.25, 0.3) is 0 Å². The summed E-state index contributed by atoms with van der Waals surface area (Å²) in [7, 11) is 0. The number of amides is 1. The fraction of sp³-hybridized carbons (Fsp3) is 0.833. The molecule has 1 aliphatic heterocycles. The van der Waals surface area contributed by atoms with Gasteiger partial charge >= 0.3 is 12.0 Å². The highest BCUT2D eigenvalue weighted by molar-refractivity contribution is 5.93. The van der Waals surface area contributed by atoms with E-state index in [-0.39, 0.29) is 6.54 Å². The van der Waals surface area contributed by atoms with Crippen molar-refractivity contribution in [3.8, 4) is 0 Å². The van der Waals surface area contributed by atoms with Crippen LogP contribution in [0.5, 0.6) is 0 Å². The second kappa shape index (κ2) is 4.17. The third-order valence-electron chi connectivity index (χ3n) is 2.57. The molecule has 1 saturated heterocycles. The number of rotatable bonds is 0. The number of Topliss-reactive ketones (excluding diaryl/α,β-unsaturated/α-hetero) is 1. The molecule has 0 unspecified atom stereocenters.